The quantitative estimate of drug-likeness (QED) is 0.209. The van der Waals surface area contributed by atoms with Crippen molar-refractivity contribution in [2.75, 3.05) is 13.0 Å². The number of β-lactam (4-membered cyclic amide) rings is 1. The Balaban J connectivity index is 1.42. The number of aryl methyl sites for hydroxylation is 2. The maximum atomic E-state index is 13.3. The van der Waals surface area contributed by atoms with E-state index in [1.54, 1.807) is 25.4 Å². The first-order chi connectivity index (χ1) is 17.6. The molecular weight excluding hydrogens is 514 g/mol. The number of rotatable bonds is 7. The van der Waals surface area contributed by atoms with Crippen LogP contribution in [-0.2, 0) is 19.1 Å². The van der Waals surface area contributed by atoms with Crippen LogP contribution in [0.25, 0.3) is 10.4 Å². The van der Waals surface area contributed by atoms with Crippen molar-refractivity contribution >= 4 is 51.3 Å². The van der Waals surface area contributed by atoms with E-state index in [-0.39, 0.29) is 23.6 Å². The molecule has 1 saturated heterocycles. The van der Waals surface area contributed by atoms with Gasteiger partial charge >= 0.3 is 11.9 Å². The molecule has 9 nitrogen and oxygen atoms in total. The van der Waals surface area contributed by atoms with Crippen LogP contribution >= 0.6 is 23.1 Å². The van der Waals surface area contributed by atoms with Crippen molar-refractivity contribution in [3.8, 4) is 0 Å². The van der Waals surface area contributed by atoms with Crippen molar-refractivity contribution < 1.29 is 29.0 Å². The highest BCUT2D eigenvalue weighted by molar-refractivity contribution is 7.98. The first-order valence-electron chi connectivity index (χ1n) is 11.8. The number of esters is 2. The molecule has 2 aromatic heterocycles. The van der Waals surface area contributed by atoms with E-state index in [1.807, 2.05) is 43.7 Å². The Morgan fingerprint density at radius 1 is 1.19 bits per heavy atom. The topological polar surface area (TPSA) is 110 Å². The molecule has 0 unspecified atom stereocenters. The average Bonchev–Trinajstić information content (AvgIpc) is 3.47. The highest BCUT2D eigenvalue weighted by Crippen LogP contribution is 2.52. The molecule has 5 rings (SSSR count). The van der Waals surface area contributed by atoms with Crippen LogP contribution in [0.15, 0.2) is 41.4 Å². The van der Waals surface area contributed by atoms with Crippen molar-refractivity contribution in [3.05, 3.63) is 58.0 Å². The van der Waals surface area contributed by atoms with Gasteiger partial charge < -0.3 is 19.5 Å². The number of aromatic nitrogens is 2. The van der Waals surface area contributed by atoms with Gasteiger partial charge in [0, 0.05) is 17.7 Å². The van der Waals surface area contributed by atoms with Gasteiger partial charge in [-0.2, -0.15) is 0 Å². The van der Waals surface area contributed by atoms with E-state index in [4.69, 9.17) is 9.47 Å². The van der Waals surface area contributed by atoms with Gasteiger partial charge in [0.2, 0.25) is 12.7 Å². The summed E-state index contributed by atoms with van der Waals surface area (Å²) in [5, 5.41) is 11.1. The molecule has 4 atom stereocenters. The minimum Gasteiger partial charge on any atom is -0.424 e. The minimum atomic E-state index is -0.849. The van der Waals surface area contributed by atoms with Gasteiger partial charge in [0.05, 0.1) is 28.5 Å². The number of nitrogens with zero attached hydrogens (tertiary/aromatic N) is 3. The SMILES string of the molecule is CSc1ncn2cc(C3=C(C(=O)OCOC(=O)c4cc(C)cc(C)c4)N4C(=O)[C@H]([C@@H](C)O)[C@H]4[C@H]3C)sc12. The van der Waals surface area contributed by atoms with Crippen LogP contribution in [0.2, 0.25) is 0 Å². The Kier molecular flexibility index (Phi) is 6.63. The Hall–Kier alpha value is -3.15. The fraction of sp³-hybridized carbons (Fsp3) is 0.385. The lowest BCUT2D eigenvalue weighted by atomic mass is 9.77. The van der Waals surface area contributed by atoms with Crippen LogP contribution in [0.3, 0.4) is 0 Å². The first-order valence-corrected chi connectivity index (χ1v) is 13.8. The summed E-state index contributed by atoms with van der Waals surface area (Å²) in [6.07, 6.45) is 4.70. The maximum Gasteiger partial charge on any atom is 0.358 e. The summed E-state index contributed by atoms with van der Waals surface area (Å²) in [6.45, 7) is 6.70. The maximum absolute atomic E-state index is 13.3. The number of aliphatic hydroxyl groups is 1. The van der Waals surface area contributed by atoms with Gasteiger partial charge in [-0.3, -0.25) is 9.20 Å². The lowest BCUT2D eigenvalue weighted by molar-refractivity contribution is -0.166. The zero-order chi connectivity index (χ0) is 26.6. The number of hydrogen-bond donors (Lipinski definition) is 1. The number of thiazole rings is 1. The van der Waals surface area contributed by atoms with E-state index in [9.17, 15) is 19.5 Å². The molecule has 194 valence electrons. The summed E-state index contributed by atoms with van der Waals surface area (Å²) in [6, 6.07) is 4.99. The van der Waals surface area contributed by atoms with Gasteiger partial charge in [-0.15, -0.1) is 23.1 Å². The van der Waals surface area contributed by atoms with Crippen LogP contribution < -0.4 is 0 Å². The summed E-state index contributed by atoms with van der Waals surface area (Å²) in [5.74, 6) is -2.50. The monoisotopic (exact) mass is 541 g/mol. The van der Waals surface area contributed by atoms with Crippen molar-refractivity contribution in [2.45, 2.75) is 44.9 Å². The Bertz CT molecular complexity index is 1440. The predicted molar refractivity (Wildman–Crippen MR) is 139 cm³/mol. The van der Waals surface area contributed by atoms with Crippen LogP contribution in [0, 0.1) is 25.7 Å². The molecule has 1 N–H and O–H groups in total. The number of hydrogen-bond acceptors (Lipinski definition) is 9. The number of benzene rings is 1. The number of carbonyl (C=O) groups is 3. The average molecular weight is 542 g/mol. The summed E-state index contributed by atoms with van der Waals surface area (Å²) in [4.78, 5) is 46.4. The van der Waals surface area contributed by atoms with Crippen molar-refractivity contribution in [3.63, 3.8) is 0 Å². The molecule has 0 radical (unpaired) electrons. The van der Waals surface area contributed by atoms with E-state index in [0.717, 1.165) is 25.9 Å². The number of thioether (sulfide) groups is 1. The van der Waals surface area contributed by atoms with Crippen LogP contribution in [0.1, 0.15) is 40.2 Å². The summed E-state index contributed by atoms with van der Waals surface area (Å²) < 4.78 is 12.5. The van der Waals surface area contributed by atoms with E-state index in [1.165, 1.54) is 28.0 Å². The molecule has 0 aliphatic carbocycles. The molecule has 4 heterocycles. The van der Waals surface area contributed by atoms with Gasteiger partial charge in [0.15, 0.2) is 0 Å². The third kappa shape index (κ3) is 4.24. The lowest BCUT2D eigenvalue weighted by Crippen LogP contribution is -2.63. The molecule has 1 aromatic carbocycles. The number of amides is 1. The Labute approximate surface area is 222 Å². The van der Waals surface area contributed by atoms with E-state index < -0.39 is 30.8 Å². The van der Waals surface area contributed by atoms with Gasteiger partial charge in [0.1, 0.15) is 21.9 Å². The molecular formula is C26H27N3O6S2. The number of aliphatic hydroxyl groups excluding tert-OH is 1. The standard InChI is InChI=1S/C26H27N3O6S2/c1-12-6-13(2)8-16(7-12)25(32)34-11-35-26(33)21-18(14(3)20-19(15(4)30)23(31)29(20)21)17-9-28-10-27-22(36-5)24(28)37-17/h6-10,14-15,19-20,30H,11H2,1-5H3/t14-,15+,19+,20+/m0/s1. The van der Waals surface area contributed by atoms with Crippen LogP contribution in [0.5, 0.6) is 0 Å². The Morgan fingerprint density at radius 3 is 2.51 bits per heavy atom. The predicted octanol–water partition coefficient (Wildman–Crippen LogP) is 3.66. The zero-order valence-corrected chi connectivity index (χ0v) is 22.7. The van der Waals surface area contributed by atoms with Crippen molar-refractivity contribution in [2.24, 2.45) is 11.8 Å². The molecule has 37 heavy (non-hydrogen) atoms. The van der Waals surface area contributed by atoms with Crippen LogP contribution in [0.4, 0.5) is 0 Å². The first kappa shape index (κ1) is 25.5. The molecule has 2 aliphatic rings. The number of carbonyl (C=O) groups excluding carboxylic acids is 3. The molecule has 1 amide bonds. The number of fused-ring (bicyclic) bond motifs is 2. The molecule has 0 spiro atoms. The van der Waals surface area contributed by atoms with Gasteiger partial charge in [-0.25, -0.2) is 14.6 Å². The summed E-state index contributed by atoms with van der Waals surface area (Å²) in [7, 11) is 0. The Morgan fingerprint density at radius 2 is 1.86 bits per heavy atom. The molecule has 11 heteroatoms. The van der Waals surface area contributed by atoms with Crippen LogP contribution in [-0.4, -0.2) is 62.4 Å². The van der Waals surface area contributed by atoms with Gasteiger partial charge in [-0.1, -0.05) is 24.1 Å². The number of imidazole rings is 1. The van der Waals surface area contributed by atoms with E-state index in [0.29, 0.717) is 11.1 Å². The largest absolute Gasteiger partial charge is 0.424 e. The second-order valence-corrected chi connectivity index (χ2v) is 11.3. The van der Waals surface area contributed by atoms with Crippen molar-refractivity contribution in [1.29, 1.82) is 0 Å². The fourth-order valence-corrected chi connectivity index (χ4v) is 7.23. The van der Waals surface area contributed by atoms with Gasteiger partial charge in [0.25, 0.3) is 0 Å². The second kappa shape index (κ2) is 9.62. The zero-order valence-electron chi connectivity index (χ0n) is 21.0. The second-order valence-electron chi connectivity index (χ2n) is 9.44. The van der Waals surface area contributed by atoms with E-state index >= 15 is 0 Å². The summed E-state index contributed by atoms with van der Waals surface area (Å²) in [5.41, 5.74) is 3.01. The third-order valence-corrected chi connectivity index (χ3v) is 8.80. The normalized spacial score (nSPS) is 21.7. The lowest BCUT2D eigenvalue weighted by Gasteiger charge is -2.46. The third-order valence-electron chi connectivity index (χ3n) is 6.84. The molecule has 3 aromatic rings. The summed E-state index contributed by atoms with van der Waals surface area (Å²) >= 11 is 3.00. The molecule has 0 saturated carbocycles. The molecule has 2 aliphatic heterocycles. The minimum absolute atomic E-state index is 0.130. The van der Waals surface area contributed by atoms with E-state index in [2.05, 4.69) is 4.98 Å². The van der Waals surface area contributed by atoms with Gasteiger partial charge in [-0.05, 0) is 39.2 Å². The highest BCUT2D eigenvalue weighted by Gasteiger charge is 2.60. The molecule has 0 bridgehead atoms. The fourth-order valence-electron chi connectivity index (χ4n) is 5.31. The smallest absolute Gasteiger partial charge is 0.358 e. The number of ether oxygens (including phenoxy) is 2. The molecule has 1 fully saturated rings. The highest BCUT2D eigenvalue weighted by atomic mass is 32.2. The van der Waals surface area contributed by atoms with Crippen molar-refractivity contribution in [1.82, 2.24) is 14.3 Å².